The van der Waals surface area contributed by atoms with Gasteiger partial charge in [0, 0.05) is 19.2 Å². The van der Waals surface area contributed by atoms with Gasteiger partial charge in [0.25, 0.3) is 11.6 Å². The van der Waals surface area contributed by atoms with Crippen molar-refractivity contribution in [1.82, 2.24) is 10.2 Å². The van der Waals surface area contributed by atoms with Crippen molar-refractivity contribution in [2.75, 3.05) is 26.7 Å². The van der Waals surface area contributed by atoms with Crippen LogP contribution in [0.1, 0.15) is 27.4 Å². The van der Waals surface area contributed by atoms with Crippen LogP contribution in [0.4, 0.5) is 5.69 Å². The summed E-state index contributed by atoms with van der Waals surface area (Å²) in [7, 11) is 1.94. The van der Waals surface area contributed by atoms with Gasteiger partial charge in [-0.05, 0) is 39.3 Å². The fraction of sp³-hybridized carbons (Fsp3) is 0.615. The average Bonchev–Trinajstić information content (AvgIpc) is 2.81. The summed E-state index contributed by atoms with van der Waals surface area (Å²) in [6.45, 7) is 4.12. The molecular formula is C13H20ClN3O3S. The molecule has 0 aliphatic carbocycles. The van der Waals surface area contributed by atoms with Gasteiger partial charge in [-0.2, -0.15) is 0 Å². The minimum atomic E-state index is -0.429. The predicted molar refractivity (Wildman–Crippen MR) is 85.5 cm³/mol. The van der Waals surface area contributed by atoms with Gasteiger partial charge in [0.1, 0.15) is 0 Å². The number of carbonyl (C=O) groups excluding carboxylic acids is 1. The maximum absolute atomic E-state index is 12.4. The fourth-order valence-corrected chi connectivity index (χ4v) is 3.50. The van der Waals surface area contributed by atoms with Gasteiger partial charge in [-0.3, -0.25) is 14.9 Å². The van der Waals surface area contributed by atoms with E-state index in [1.54, 1.807) is 11.8 Å². The molecule has 0 saturated carbocycles. The Morgan fingerprint density at radius 1 is 1.52 bits per heavy atom. The Kier molecular flexibility index (Phi) is 6.57. The van der Waals surface area contributed by atoms with E-state index in [0.29, 0.717) is 15.7 Å². The second kappa shape index (κ2) is 7.72. The molecule has 1 aliphatic heterocycles. The summed E-state index contributed by atoms with van der Waals surface area (Å²) in [6.07, 6.45) is 1.97. The first-order chi connectivity index (χ1) is 9.52. The van der Waals surface area contributed by atoms with E-state index in [9.17, 15) is 14.9 Å². The van der Waals surface area contributed by atoms with Crippen molar-refractivity contribution in [3.05, 3.63) is 25.9 Å². The van der Waals surface area contributed by atoms with E-state index in [2.05, 4.69) is 5.32 Å². The first-order valence-corrected chi connectivity index (χ1v) is 7.53. The average molecular weight is 334 g/mol. The van der Waals surface area contributed by atoms with Crippen LogP contribution in [0.15, 0.2) is 6.07 Å². The molecule has 0 atom stereocenters. The molecule has 2 rings (SSSR count). The van der Waals surface area contributed by atoms with E-state index in [4.69, 9.17) is 0 Å². The first-order valence-electron chi connectivity index (χ1n) is 6.71. The third-order valence-electron chi connectivity index (χ3n) is 3.69. The van der Waals surface area contributed by atoms with E-state index in [0.717, 1.165) is 32.5 Å². The van der Waals surface area contributed by atoms with Crippen LogP contribution in [0, 0.1) is 23.0 Å². The molecule has 0 radical (unpaired) electrons. The summed E-state index contributed by atoms with van der Waals surface area (Å²) in [6, 6.07) is 1.40. The number of aryl methyl sites for hydroxylation is 1. The monoisotopic (exact) mass is 333 g/mol. The van der Waals surface area contributed by atoms with E-state index < -0.39 is 4.92 Å². The maximum atomic E-state index is 12.4. The Bertz CT molecular complexity index is 513. The Labute approximate surface area is 134 Å². The summed E-state index contributed by atoms with van der Waals surface area (Å²) < 4.78 is 0. The van der Waals surface area contributed by atoms with Crippen molar-refractivity contribution in [3.8, 4) is 0 Å². The minimum absolute atomic E-state index is 0. The topological polar surface area (TPSA) is 75.5 Å². The Morgan fingerprint density at radius 3 is 2.62 bits per heavy atom. The molecule has 0 spiro atoms. The molecular weight excluding hydrogens is 314 g/mol. The van der Waals surface area contributed by atoms with Gasteiger partial charge in [-0.1, -0.05) is 0 Å². The van der Waals surface area contributed by atoms with Crippen LogP contribution in [0.2, 0.25) is 0 Å². The number of thiophene rings is 1. The van der Waals surface area contributed by atoms with Crippen LogP contribution in [0.5, 0.6) is 0 Å². The highest BCUT2D eigenvalue weighted by atomic mass is 35.5. The van der Waals surface area contributed by atoms with E-state index in [1.165, 1.54) is 17.4 Å². The number of halogens is 1. The van der Waals surface area contributed by atoms with Crippen LogP contribution in [-0.4, -0.2) is 42.4 Å². The second-order valence-electron chi connectivity index (χ2n) is 5.10. The molecule has 1 aliphatic rings. The number of hydrogen-bond acceptors (Lipinski definition) is 5. The van der Waals surface area contributed by atoms with Crippen molar-refractivity contribution >= 4 is 35.3 Å². The number of piperidine rings is 1. The molecule has 0 unspecified atom stereocenters. The quantitative estimate of drug-likeness (QED) is 0.678. The van der Waals surface area contributed by atoms with Crippen LogP contribution in [0.25, 0.3) is 0 Å². The molecule has 1 saturated heterocycles. The lowest BCUT2D eigenvalue weighted by Gasteiger charge is -2.31. The molecule has 0 bridgehead atoms. The summed E-state index contributed by atoms with van der Waals surface area (Å²) in [5.41, 5.74) is 0.0448. The van der Waals surface area contributed by atoms with E-state index in [1.807, 2.05) is 7.05 Å². The number of likely N-dealkylation sites (tertiary alicyclic amines) is 1. The standard InChI is InChI=1S/C13H19N3O3S.ClH/c1-9-11(16(18)19)7-12(20-9)13(17)15-5-3-10(4-6-15)8-14-2;/h7,10,14H,3-6,8H2,1-2H3;1H. The summed E-state index contributed by atoms with van der Waals surface area (Å²) in [5.74, 6) is 0.539. The number of nitrogens with zero attached hydrogens (tertiary/aromatic N) is 2. The number of nitro groups is 1. The van der Waals surface area contributed by atoms with Gasteiger partial charge in [0.15, 0.2) is 0 Å². The van der Waals surface area contributed by atoms with Crippen LogP contribution in [0.3, 0.4) is 0 Å². The van der Waals surface area contributed by atoms with Crippen LogP contribution < -0.4 is 5.32 Å². The van der Waals surface area contributed by atoms with Crippen LogP contribution >= 0.6 is 23.7 Å². The van der Waals surface area contributed by atoms with Gasteiger partial charge in [0.2, 0.25) is 0 Å². The molecule has 2 heterocycles. The van der Waals surface area contributed by atoms with Crippen molar-refractivity contribution < 1.29 is 9.72 Å². The van der Waals surface area contributed by atoms with Crippen LogP contribution in [-0.2, 0) is 0 Å². The molecule has 1 aromatic heterocycles. The third kappa shape index (κ3) is 4.15. The van der Waals surface area contributed by atoms with Gasteiger partial charge in [-0.25, -0.2) is 0 Å². The largest absolute Gasteiger partial charge is 0.338 e. The Balaban J connectivity index is 0.00000220. The summed E-state index contributed by atoms with van der Waals surface area (Å²) in [4.78, 5) is 25.6. The molecule has 118 valence electrons. The van der Waals surface area contributed by atoms with Gasteiger partial charge >= 0.3 is 0 Å². The smallest absolute Gasteiger partial charge is 0.283 e. The molecule has 1 fully saturated rings. The molecule has 8 heteroatoms. The van der Waals surface area contributed by atoms with Crippen molar-refractivity contribution in [3.63, 3.8) is 0 Å². The normalized spacial score (nSPS) is 15.6. The molecule has 0 aromatic carbocycles. The van der Waals surface area contributed by atoms with Gasteiger partial charge in [-0.15, -0.1) is 23.7 Å². The molecule has 1 aromatic rings. The fourth-order valence-electron chi connectivity index (χ4n) is 2.54. The minimum Gasteiger partial charge on any atom is -0.338 e. The van der Waals surface area contributed by atoms with Gasteiger partial charge in [0.05, 0.1) is 14.7 Å². The van der Waals surface area contributed by atoms with E-state index >= 15 is 0 Å². The lowest BCUT2D eigenvalue weighted by molar-refractivity contribution is -0.385. The number of hydrogen-bond donors (Lipinski definition) is 1. The predicted octanol–water partition coefficient (Wildman–Crippen LogP) is 2.46. The van der Waals surface area contributed by atoms with Crippen molar-refractivity contribution in [1.29, 1.82) is 0 Å². The summed E-state index contributed by atoms with van der Waals surface area (Å²) in [5, 5.41) is 14.0. The molecule has 1 amide bonds. The zero-order chi connectivity index (χ0) is 14.7. The number of rotatable bonds is 4. The van der Waals surface area contributed by atoms with Crippen molar-refractivity contribution in [2.24, 2.45) is 5.92 Å². The SMILES string of the molecule is CNCC1CCN(C(=O)c2cc([N+](=O)[O-])c(C)s2)CC1.Cl. The van der Waals surface area contributed by atoms with Crippen molar-refractivity contribution in [2.45, 2.75) is 19.8 Å². The highest BCUT2D eigenvalue weighted by molar-refractivity contribution is 7.14. The molecule has 1 N–H and O–H groups in total. The third-order valence-corrected chi connectivity index (χ3v) is 4.72. The first kappa shape index (κ1) is 17.9. The highest BCUT2D eigenvalue weighted by Gasteiger charge is 2.26. The van der Waals surface area contributed by atoms with Gasteiger partial charge < -0.3 is 10.2 Å². The Hall–Kier alpha value is -1.18. The number of amides is 1. The second-order valence-corrected chi connectivity index (χ2v) is 6.36. The number of nitrogens with one attached hydrogen (secondary N) is 1. The lowest BCUT2D eigenvalue weighted by atomic mass is 9.97. The zero-order valence-electron chi connectivity index (χ0n) is 12.1. The molecule has 21 heavy (non-hydrogen) atoms. The Morgan fingerprint density at radius 2 is 2.14 bits per heavy atom. The number of carbonyl (C=O) groups is 1. The zero-order valence-corrected chi connectivity index (χ0v) is 13.8. The maximum Gasteiger partial charge on any atom is 0.283 e. The molecule has 6 nitrogen and oxygen atoms in total. The van der Waals surface area contributed by atoms with E-state index in [-0.39, 0.29) is 24.0 Å². The lowest BCUT2D eigenvalue weighted by Crippen LogP contribution is -2.40. The summed E-state index contributed by atoms with van der Waals surface area (Å²) >= 11 is 1.21. The highest BCUT2D eigenvalue weighted by Crippen LogP contribution is 2.29.